The van der Waals surface area contributed by atoms with Crippen LogP contribution < -0.4 is 11.1 Å². The van der Waals surface area contributed by atoms with Crippen LogP contribution in [-0.2, 0) is 0 Å². The van der Waals surface area contributed by atoms with Gasteiger partial charge in [0.1, 0.15) is 0 Å². The average molecular weight is 273 g/mol. The smallest absolute Gasteiger partial charge is 0.251 e. The minimum atomic E-state index is 0.0119. The number of anilines is 1. The molecule has 108 valence electrons. The summed E-state index contributed by atoms with van der Waals surface area (Å²) in [4.78, 5) is 14.9. The molecule has 2 aliphatic heterocycles. The zero-order valence-corrected chi connectivity index (χ0v) is 12.1. The molecule has 0 saturated carbocycles. The van der Waals surface area contributed by atoms with Gasteiger partial charge in [-0.05, 0) is 56.5 Å². The molecule has 0 radical (unpaired) electrons. The summed E-state index contributed by atoms with van der Waals surface area (Å²) in [6.45, 7) is 4.27. The third-order valence-corrected chi connectivity index (χ3v) is 4.53. The third kappa shape index (κ3) is 2.66. The molecule has 1 aromatic carbocycles. The number of nitrogen functional groups attached to an aromatic ring is 1. The Bertz CT molecular complexity index is 494. The molecule has 4 heteroatoms. The molecule has 3 rings (SSSR count). The van der Waals surface area contributed by atoms with E-state index in [1.165, 1.54) is 25.8 Å². The standard InChI is InChI=1S/C16H23N3O/c1-11-8-12(10-13(17)9-11)16(20)18-14-5-7-19-6-3-2-4-15(14)19/h8-10,14-15H,2-7,17H2,1H3,(H,18,20). The number of aryl methyl sites for hydroxylation is 1. The summed E-state index contributed by atoms with van der Waals surface area (Å²) in [5.74, 6) is 0.0119. The highest BCUT2D eigenvalue weighted by Crippen LogP contribution is 2.27. The summed E-state index contributed by atoms with van der Waals surface area (Å²) >= 11 is 0. The molecule has 1 aromatic rings. The van der Waals surface area contributed by atoms with Crippen LogP contribution in [0.25, 0.3) is 0 Å². The van der Waals surface area contributed by atoms with E-state index in [1.807, 2.05) is 19.1 Å². The van der Waals surface area contributed by atoms with Gasteiger partial charge in [0.2, 0.25) is 0 Å². The largest absolute Gasteiger partial charge is 0.399 e. The van der Waals surface area contributed by atoms with Gasteiger partial charge in [-0.2, -0.15) is 0 Å². The predicted molar refractivity (Wildman–Crippen MR) is 80.7 cm³/mol. The fourth-order valence-corrected chi connectivity index (χ4v) is 3.61. The Balaban J connectivity index is 1.69. The molecular formula is C16H23N3O. The number of hydrogen-bond acceptors (Lipinski definition) is 3. The molecule has 2 heterocycles. The maximum Gasteiger partial charge on any atom is 0.251 e. The fourth-order valence-electron chi connectivity index (χ4n) is 3.61. The number of benzene rings is 1. The minimum Gasteiger partial charge on any atom is -0.399 e. The summed E-state index contributed by atoms with van der Waals surface area (Å²) in [7, 11) is 0. The highest BCUT2D eigenvalue weighted by atomic mass is 16.1. The Labute approximate surface area is 120 Å². The molecule has 0 spiro atoms. The van der Waals surface area contributed by atoms with Gasteiger partial charge in [-0.25, -0.2) is 0 Å². The van der Waals surface area contributed by atoms with E-state index in [0.717, 1.165) is 18.5 Å². The highest BCUT2D eigenvalue weighted by molar-refractivity contribution is 5.95. The van der Waals surface area contributed by atoms with E-state index in [9.17, 15) is 4.79 Å². The number of piperidine rings is 1. The topological polar surface area (TPSA) is 58.4 Å². The Morgan fingerprint density at radius 3 is 2.90 bits per heavy atom. The maximum atomic E-state index is 12.4. The normalized spacial score (nSPS) is 26.2. The van der Waals surface area contributed by atoms with Crippen molar-refractivity contribution in [3.63, 3.8) is 0 Å². The van der Waals surface area contributed by atoms with Crippen molar-refractivity contribution >= 4 is 11.6 Å². The predicted octanol–water partition coefficient (Wildman–Crippen LogP) is 1.93. The molecule has 2 atom stereocenters. The molecule has 20 heavy (non-hydrogen) atoms. The molecule has 0 bridgehead atoms. The highest BCUT2D eigenvalue weighted by Gasteiger charge is 2.36. The summed E-state index contributed by atoms with van der Waals surface area (Å²) in [6, 6.07) is 6.38. The molecule has 2 fully saturated rings. The van der Waals surface area contributed by atoms with Crippen LogP contribution >= 0.6 is 0 Å². The number of nitrogens with two attached hydrogens (primary N) is 1. The van der Waals surface area contributed by atoms with E-state index in [0.29, 0.717) is 23.3 Å². The molecule has 4 nitrogen and oxygen atoms in total. The number of amides is 1. The lowest BCUT2D eigenvalue weighted by Gasteiger charge is -2.32. The second-order valence-corrected chi connectivity index (χ2v) is 6.10. The summed E-state index contributed by atoms with van der Waals surface area (Å²) in [5, 5.41) is 3.21. The van der Waals surface area contributed by atoms with E-state index < -0.39 is 0 Å². The Hall–Kier alpha value is -1.55. The summed E-state index contributed by atoms with van der Waals surface area (Å²) in [5.41, 5.74) is 8.18. The van der Waals surface area contributed by atoms with Gasteiger partial charge in [-0.1, -0.05) is 6.42 Å². The number of fused-ring (bicyclic) bond motifs is 1. The van der Waals surface area contributed by atoms with E-state index in [1.54, 1.807) is 6.07 Å². The van der Waals surface area contributed by atoms with E-state index >= 15 is 0 Å². The number of carbonyl (C=O) groups excluding carboxylic acids is 1. The van der Waals surface area contributed by atoms with Crippen molar-refractivity contribution in [1.29, 1.82) is 0 Å². The van der Waals surface area contributed by atoms with Crippen molar-refractivity contribution in [3.05, 3.63) is 29.3 Å². The van der Waals surface area contributed by atoms with Crippen LogP contribution in [0.1, 0.15) is 41.6 Å². The Morgan fingerprint density at radius 1 is 1.25 bits per heavy atom. The van der Waals surface area contributed by atoms with Crippen molar-refractivity contribution in [2.75, 3.05) is 18.8 Å². The molecule has 2 unspecified atom stereocenters. The number of nitrogens with zero attached hydrogens (tertiary/aromatic N) is 1. The number of rotatable bonds is 2. The number of hydrogen-bond donors (Lipinski definition) is 2. The van der Waals surface area contributed by atoms with Crippen LogP contribution in [0, 0.1) is 6.92 Å². The van der Waals surface area contributed by atoms with Gasteiger partial charge < -0.3 is 11.1 Å². The first-order chi connectivity index (χ1) is 9.63. The summed E-state index contributed by atoms with van der Waals surface area (Å²) < 4.78 is 0. The quantitative estimate of drug-likeness (QED) is 0.810. The molecule has 3 N–H and O–H groups in total. The molecule has 0 aliphatic carbocycles. The zero-order chi connectivity index (χ0) is 14.1. The number of nitrogens with one attached hydrogen (secondary N) is 1. The molecule has 2 aliphatic rings. The molecule has 0 aromatic heterocycles. The van der Waals surface area contributed by atoms with Gasteiger partial charge in [-0.15, -0.1) is 0 Å². The third-order valence-electron chi connectivity index (χ3n) is 4.53. The van der Waals surface area contributed by atoms with Crippen molar-refractivity contribution < 1.29 is 4.79 Å². The van der Waals surface area contributed by atoms with E-state index in [4.69, 9.17) is 5.73 Å². The van der Waals surface area contributed by atoms with Crippen LogP contribution in [-0.4, -0.2) is 36.0 Å². The van der Waals surface area contributed by atoms with Crippen LogP contribution in [0.5, 0.6) is 0 Å². The first-order valence-electron chi connectivity index (χ1n) is 7.55. The van der Waals surface area contributed by atoms with Crippen molar-refractivity contribution in [2.24, 2.45) is 0 Å². The second kappa shape index (κ2) is 5.44. The fraction of sp³-hybridized carbons (Fsp3) is 0.562. The maximum absolute atomic E-state index is 12.4. The first kappa shape index (κ1) is 13.4. The minimum absolute atomic E-state index is 0.0119. The van der Waals surface area contributed by atoms with Gasteiger partial charge >= 0.3 is 0 Å². The number of carbonyl (C=O) groups is 1. The van der Waals surface area contributed by atoms with Gasteiger partial charge in [0.05, 0.1) is 0 Å². The van der Waals surface area contributed by atoms with Gasteiger partial charge in [0, 0.05) is 29.9 Å². The SMILES string of the molecule is Cc1cc(N)cc(C(=O)NC2CCN3CCCCC23)c1. The summed E-state index contributed by atoms with van der Waals surface area (Å²) in [6.07, 6.45) is 4.86. The monoisotopic (exact) mass is 273 g/mol. The zero-order valence-electron chi connectivity index (χ0n) is 12.1. The Morgan fingerprint density at radius 2 is 2.10 bits per heavy atom. The molecule has 1 amide bonds. The van der Waals surface area contributed by atoms with E-state index in [2.05, 4.69) is 10.2 Å². The Kier molecular flexibility index (Phi) is 3.66. The lowest BCUT2D eigenvalue weighted by atomic mass is 9.98. The average Bonchev–Trinajstić information content (AvgIpc) is 2.81. The lowest BCUT2D eigenvalue weighted by molar-refractivity contribution is 0.0915. The first-order valence-corrected chi connectivity index (χ1v) is 7.55. The molecule has 2 saturated heterocycles. The van der Waals surface area contributed by atoms with Crippen molar-refractivity contribution in [1.82, 2.24) is 10.2 Å². The molecular weight excluding hydrogens is 250 g/mol. The van der Waals surface area contributed by atoms with Crippen LogP contribution in [0.2, 0.25) is 0 Å². The van der Waals surface area contributed by atoms with Crippen LogP contribution in [0.3, 0.4) is 0 Å². The van der Waals surface area contributed by atoms with Crippen molar-refractivity contribution in [3.8, 4) is 0 Å². The van der Waals surface area contributed by atoms with E-state index in [-0.39, 0.29) is 5.91 Å². The van der Waals surface area contributed by atoms with Gasteiger partial charge in [0.15, 0.2) is 0 Å². The lowest BCUT2D eigenvalue weighted by Crippen LogP contribution is -2.46. The van der Waals surface area contributed by atoms with Crippen LogP contribution in [0.4, 0.5) is 5.69 Å². The van der Waals surface area contributed by atoms with Gasteiger partial charge in [0.25, 0.3) is 5.91 Å². The van der Waals surface area contributed by atoms with Crippen molar-refractivity contribution in [2.45, 2.75) is 44.7 Å². The van der Waals surface area contributed by atoms with Gasteiger partial charge in [-0.3, -0.25) is 9.69 Å². The van der Waals surface area contributed by atoms with Crippen LogP contribution in [0.15, 0.2) is 18.2 Å². The second-order valence-electron chi connectivity index (χ2n) is 6.10.